The van der Waals surface area contributed by atoms with Crippen molar-refractivity contribution < 1.29 is 17.6 Å². The van der Waals surface area contributed by atoms with Crippen molar-refractivity contribution in [1.82, 2.24) is 0 Å². The second-order valence-electron chi connectivity index (χ2n) is 2.09. The van der Waals surface area contributed by atoms with Crippen molar-refractivity contribution in [2.24, 2.45) is 5.92 Å². The molecule has 0 atom stereocenters. The summed E-state index contributed by atoms with van der Waals surface area (Å²) >= 11 is 0. The lowest BCUT2D eigenvalue weighted by Gasteiger charge is -2.06. The van der Waals surface area contributed by atoms with Gasteiger partial charge in [0.2, 0.25) is 0 Å². The summed E-state index contributed by atoms with van der Waals surface area (Å²) in [4.78, 5) is 0. The lowest BCUT2D eigenvalue weighted by atomic mass is 10.3. The van der Waals surface area contributed by atoms with E-state index in [4.69, 9.17) is 0 Å². The van der Waals surface area contributed by atoms with Gasteiger partial charge >= 0.3 is 0 Å². The maximum Gasteiger partial charge on any atom is 0.270 e. The Balaban J connectivity index is 2.13. The second kappa shape index (κ2) is 0.700. The van der Waals surface area contributed by atoms with E-state index in [2.05, 4.69) is 0 Å². The normalized spacial score (nSPS) is 39.0. The Morgan fingerprint density at radius 1 is 1.00 bits per heavy atom. The molecule has 45 valence electrons. The van der Waals surface area contributed by atoms with E-state index in [1.807, 2.05) is 0 Å². The largest absolute Gasteiger partial charge is 0.270 e. The topological polar surface area (TPSA) is 0 Å². The summed E-state index contributed by atoms with van der Waals surface area (Å²) in [5.41, 5.74) is 0. The van der Waals surface area contributed by atoms with Gasteiger partial charge in [-0.3, -0.25) is 0 Å². The van der Waals surface area contributed by atoms with Gasteiger partial charge in [-0.05, 0) is 0 Å². The molecule has 2 aliphatic carbocycles. The standard InChI is InChI=1S/C4HF4/c5-3(6)1-2(3)4(1,7)8/h1H. The highest BCUT2D eigenvalue weighted by atomic mass is 19.3. The molecule has 0 aromatic carbocycles. The lowest BCUT2D eigenvalue weighted by molar-refractivity contribution is -0.0474. The van der Waals surface area contributed by atoms with Crippen molar-refractivity contribution in [3.63, 3.8) is 0 Å². The molecule has 0 aromatic rings. The van der Waals surface area contributed by atoms with E-state index in [9.17, 15) is 17.6 Å². The first-order valence-electron chi connectivity index (χ1n) is 2.12. The molecule has 0 amide bonds. The van der Waals surface area contributed by atoms with Crippen LogP contribution in [0.4, 0.5) is 17.6 Å². The lowest BCUT2D eigenvalue weighted by Crippen LogP contribution is -2.20. The van der Waals surface area contributed by atoms with Crippen LogP contribution in [-0.4, -0.2) is 11.8 Å². The van der Waals surface area contributed by atoms with Crippen LogP contribution in [0.25, 0.3) is 0 Å². The Morgan fingerprint density at radius 3 is 1.25 bits per heavy atom. The summed E-state index contributed by atoms with van der Waals surface area (Å²) in [7, 11) is 0. The molecule has 2 fully saturated rings. The molecule has 0 aromatic heterocycles. The molecular weight excluding hydrogens is 124 g/mol. The second-order valence-corrected chi connectivity index (χ2v) is 2.09. The van der Waals surface area contributed by atoms with Crippen molar-refractivity contribution in [1.29, 1.82) is 0 Å². The minimum Gasteiger partial charge on any atom is -0.205 e. The number of alkyl halides is 4. The van der Waals surface area contributed by atoms with Crippen LogP contribution in [0, 0.1) is 11.8 Å². The zero-order chi connectivity index (χ0) is 6.15. The molecule has 0 N–H and O–H groups in total. The molecule has 0 bridgehead atoms. The molecule has 0 aliphatic heterocycles. The van der Waals surface area contributed by atoms with Crippen molar-refractivity contribution in [3.8, 4) is 0 Å². The third-order valence-electron chi connectivity index (χ3n) is 1.57. The van der Waals surface area contributed by atoms with E-state index < -0.39 is 23.7 Å². The first-order valence-corrected chi connectivity index (χ1v) is 2.12. The number of fused-ring (bicyclic) bond motifs is 1. The molecule has 0 spiro atoms. The van der Waals surface area contributed by atoms with Crippen molar-refractivity contribution in [2.45, 2.75) is 11.8 Å². The van der Waals surface area contributed by atoms with Crippen LogP contribution in [0.5, 0.6) is 0 Å². The molecule has 2 aliphatic rings. The molecule has 0 nitrogen and oxygen atoms in total. The predicted octanol–water partition coefficient (Wildman–Crippen LogP) is 1.47. The number of hydrogen-bond acceptors (Lipinski definition) is 0. The van der Waals surface area contributed by atoms with Gasteiger partial charge in [-0.15, -0.1) is 0 Å². The van der Waals surface area contributed by atoms with E-state index in [1.165, 1.54) is 0 Å². The summed E-state index contributed by atoms with van der Waals surface area (Å²) in [6, 6.07) is 0. The summed E-state index contributed by atoms with van der Waals surface area (Å²) in [5, 5.41) is 0. The van der Waals surface area contributed by atoms with Gasteiger partial charge in [-0.25, -0.2) is 17.6 Å². The van der Waals surface area contributed by atoms with E-state index in [-0.39, 0.29) is 0 Å². The summed E-state index contributed by atoms with van der Waals surface area (Å²) in [6.45, 7) is 0. The third kappa shape index (κ3) is 0.226. The number of rotatable bonds is 0. The van der Waals surface area contributed by atoms with E-state index in [0.717, 1.165) is 0 Å². The van der Waals surface area contributed by atoms with E-state index in [0.29, 0.717) is 0 Å². The van der Waals surface area contributed by atoms with Crippen LogP contribution >= 0.6 is 0 Å². The Bertz CT molecular complexity index is 120. The van der Waals surface area contributed by atoms with Crippen molar-refractivity contribution in [2.75, 3.05) is 0 Å². The molecule has 0 unspecified atom stereocenters. The fourth-order valence-electron chi connectivity index (χ4n) is 0.927. The average Bonchev–Trinajstić information content (AvgIpc) is 2.24. The highest BCUT2D eigenvalue weighted by molar-refractivity contribution is 5.56. The van der Waals surface area contributed by atoms with Crippen LogP contribution in [0.3, 0.4) is 0 Å². The van der Waals surface area contributed by atoms with E-state index >= 15 is 0 Å². The van der Waals surface area contributed by atoms with Crippen molar-refractivity contribution >= 4 is 0 Å². The fraction of sp³-hybridized carbons (Fsp3) is 0.750. The number of halogens is 4. The molecule has 8 heavy (non-hydrogen) atoms. The predicted molar refractivity (Wildman–Crippen MR) is 16.6 cm³/mol. The van der Waals surface area contributed by atoms with Crippen LogP contribution in [0.15, 0.2) is 0 Å². The van der Waals surface area contributed by atoms with Crippen LogP contribution in [-0.2, 0) is 0 Å². The molecule has 2 rings (SSSR count). The maximum atomic E-state index is 11.6. The molecule has 0 heterocycles. The van der Waals surface area contributed by atoms with Gasteiger partial charge in [0.1, 0.15) is 11.8 Å². The summed E-state index contributed by atoms with van der Waals surface area (Å²) in [5.74, 6) is -8.72. The Morgan fingerprint density at radius 2 is 1.25 bits per heavy atom. The molecule has 4 heteroatoms. The van der Waals surface area contributed by atoms with Crippen molar-refractivity contribution in [3.05, 3.63) is 5.92 Å². The zero-order valence-electron chi connectivity index (χ0n) is 3.59. The molecule has 0 saturated heterocycles. The fourth-order valence-corrected chi connectivity index (χ4v) is 0.927. The Kier molecular flexibility index (Phi) is 0.401. The van der Waals surface area contributed by atoms with Gasteiger partial charge in [0.15, 0.2) is 0 Å². The van der Waals surface area contributed by atoms with Gasteiger partial charge in [0, 0.05) is 0 Å². The highest BCUT2D eigenvalue weighted by Crippen LogP contribution is 2.84. The minimum absolute atomic E-state index is 0.856. The molecule has 1 radical (unpaired) electrons. The van der Waals surface area contributed by atoms with Crippen LogP contribution in [0.2, 0.25) is 0 Å². The average molecular weight is 125 g/mol. The maximum absolute atomic E-state index is 11.6. The van der Waals surface area contributed by atoms with E-state index in [1.54, 1.807) is 0 Å². The quantitative estimate of drug-likeness (QED) is 0.430. The van der Waals surface area contributed by atoms with Gasteiger partial charge in [-0.1, -0.05) is 0 Å². The van der Waals surface area contributed by atoms with Gasteiger partial charge in [-0.2, -0.15) is 0 Å². The number of hydrogen-bond donors (Lipinski definition) is 0. The van der Waals surface area contributed by atoms with Crippen LogP contribution in [0.1, 0.15) is 0 Å². The van der Waals surface area contributed by atoms with Crippen LogP contribution < -0.4 is 0 Å². The first kappa shape index (κ1) is 4.58. The smallest absolute Gasteiger partial charge is 0.205 e. The summed E-state index contributed by atoms with van der Waals surface area (Å²) < 4.78 is 46.2. The molecular formula is C4HF4. The highest BCUT2D eigenvalue weighted by Gasteiger charge is 3.01. The first-order chi connectivity index (χ1) is 3.49. The van der Waals surface area contributed by atoms with Gasteiger partial charge in [0.25, 0.3) is 11.8 Å². The Hall–Kier alpha value is -0.280. The monoisotopic (exact) mass is 125 g/mol. The zero-order valence-corrected chi connectivity index (χ0v) is 3.59. The minimum atomic E-state index is -3.09. The SMILES string of the molecule is FC1(F)[C]2C1C2(F)F. The van der Waals surface area contributed by atoms with Gasteiger partial charge < -0.3 is 0 Å². The van der Waals surface area contributed by atoms with Gasteiger partial charge in [0.05, 0.1) is 0 Å². The molecule has 2 saturated carbocycles. The Labute approximate surface area is 42.5 Å². The third-order valence-corrected chi connectivity index (χ3v) is 1.57. The summed E-state index contributed by atoms with van der Waals surface area (Å²) in [6.07, 6.45) is 0.